The summed E-state index contributed by atoms with van der Waals surface area (Å²) in [6.45, 7) is 4.48. The molecular formula is C19H19N3O. The lowest BCUT2D eigenvalue weighted by molar-refractivity contribution is 0.414. The first-order valence-corrected chi connectivity index (χ1v) is 7.58. The molecule has 0 spiro atoms. The number of ether oxygens (including phenoxy) is 1. The topological polar surface area (TPSA) is 50.8 Å². The molecular weight excluding hydrogens is 286 g/mol. The molecule has 4 heteroatoms. The van der Waals surface area contributed by atoms with Crippen molar-refractivity contribution in [3.05, 3.63) is 58.9 Å². The van der Waals surface area contributed by atoms with Crippen LogP contribution in [0.4, 0.5) is 0 Å². The Balaban J connectivity index is 2.04. The van der Waals surface area contributed by atoms with E-state index >= 15 is 0 Å². The first kappa shape index (κ1) is 15.1. The molecule has 0 fully saturated rings. The molecule has 3 aromatic rings. The molecule has 0 aliphatic carbocycles. The lowest BCUT2D eigenvalue weighted by Gasteiger charge is -2.06. The smallest absolute Gasteiger partial charge is 0.118 e. The fourth-order valence-corrected chi connectivity index (χ4v) is 2.74. The number of aromatic nitrogens is 2. The van der Waals surface area contributed by atoms with Gasteiger partial charge in [-0.2, -0.15) is 5.26 Å². The number of nitriles is 1. The summed E-state index contributed by atoms with van der Waals surface area (Å²) in [4.78, 5) is 4.75. The van der Waals surface area contributed by atoms with Gasteiger partial charge in [-0.1, -0.05) is 12.1 Å². The van der Waals surface area contributed by atoms with E-state index in [0.717, 1.165) is 28.2 Å². The second kappa shape index (κ2) is 6.13. The molecule has 1 aromatic heterocycles. The van der Waals surface area contributed by atoms with Crippen LogP contribution in [0.15, 0.2) is 36.4 Å². The number of aryl methyl sites for hydroxylation is 2. The van der Waals surface area contributed by atoms with Crippen molar-refractivity contribution in [1.82, 2.24) is 9.55 Å². The second-order valence-corrected chi connectivity index (χ2v) is 5.72. The number of hydrogen-bond donors (Lipinski definition) is 0. The van der Waals surface area contributed by atoms with Crippen LogP contribution in [0.5, 0.6) is 5.75 Å². The van der Waals surface area contributed by atoms with Crippen LogP contribution in [-0.2, 0) is 13.0 Å². The third-order valence-electron chi connectivity index (χ3n) is 4.19. The van der Waals surface area contributed by atoms with E-state index in [-0.39, 0.29) is 0 Å². The number of nitrogens with zero attached hydrogens (tertiary/aromatic N) is 3. The summed E-state index contributed by atoms with van der Waals surface area (Å²) in [7, 11) is 1.66. The third kappa shape index (κ3) is 2.91. The summed E-state index contributed by atoms with van der Waals surface area (Å²) in [6.07, 6.45) is 0.693. The average Bonchev–Trinajstić information content (AvgIpc) is 2.86. The fourth-order valence-electron chi connectivity index (χ4n) is 2.74. The number of imidazole rings is 1. The van der Waals surface area contributed by atoms with Gasteiger partial charge in [-0.15, -0.1) is 0 Å². The zero-order chi connectivity index (χ0) is 16.4. The van der Waals surface area contributed by atoms with E-state index in [1.54, 1.807) is 7.11 Å². The van der Waals surface area contributed by atoms with Crippen molar-refractivity contribution in [3.8, 4) is 11.8 Å². The number of rotatable bonds is 4. The molecule has 0 unspecified atom stereocenters. The van der Waals surface area contributed by atoms with Crippen molar-refractivity contribution in [2.75, 3.05) is 7.11 Å². The number of hydrogen-bond acceptors (Lipinski definition) is 3. The maximum atomic E-state index is 9.17. The Kier molecular flexibility index (Phi) is 4.03. The van der Waals surface area contributed by atoms with Crippen LogP contribution in [0.3, 0.4) is 0 Å². The van der Waals surface area contributed by atoms with Gasteiger partial charge in [-0.25, -0.2) is 4.98 Å². The molecule has 0 aliphatic rings. The highest BCUT2D eigenvalue weighted by atomic mass is 16.5. The predicted molar refractivity (Wildman–Crippen MR) is 90.6 cm³/mol. The third-order valence-corrected chi connectivity index (χ3v) is 4.19. The van der Waals surface area contributed by atoms with Crippen LogP contribution in [0.1, 0.15) is 22.5 Å². The van der Waals surface area contributed by atoms with Gasteiger partial charge < -0.3 is 9.30 Å². The predicted octanol–water partition coefficient (Wildman–Crippen LogP) is 3.78. The minimum Gasteiger partial charge on any atom is -0.497 e. The zero-order valence-corrected chi connectivity index (χ0v) is 13.6. The molecule has 1 heterocycles. The lowest BCUT2D eigenvalue weighted by atomic mass is 10.1. The molecule has 0 aliphatic heterocycles. The second-order valence-electron chi connectivity index (χ2n) is 5.72. The van der Waals surface area contributed by atoms with Crippen LogP contribution in [0.2, 0.25) is 0 Å². The molecule has 0 N–H and O–H groups in total. The highest BCUT2D eigenvalue weighted by molar-refractivity contribution is 5.78. The van der Waals surface area contributed by atoms with E-state index in [2.05, 4.69) is 32.0 Å². The summed E-state index contributed by atoms with van der Waals surface area (Å²) in [5.41, 5.74) is 5.56. The molecule has 0 saturated carbocycles. The summed E-state index contributed by atoms with van der Waals surface area (Å²) in [6, 6.07) is 14.4. The number of fused-ring (bicyclic) bond motifs is 1. The molecule has 0 radical (unpaired) electrons. The molecule has 3 rings (SSSR count). The van der Waals surface area contributed by atoms with Crippen molar-refractivity contribution in [1.29, 1.82) is 5.26 Å². The normalized spacial score (nSPS) is 10.7. The van der Waals surface area contributed by atoms with Crippen molar-refractivity contribution in [2.45, 2.75) is 26.8 Å². The van der Waals surface area contributed by atoms with E-state index in [4.69, 9.17) is 15.0 Å². The van der Waals surface area contributed by atoms with Crippen LogP contribution in [-0.4, -0.2) is 16.7 Å². The van der Waals surface area contributed by atoms with Gasteiger partial charge >= 0.3 is 0 Å². The summed E-state index contributed by atoms with van der Waals surface area (Å²) >= 11 is 0. The van der Waals surface area contributed by atoms with Crippen molar-refractivity contribution in [2.24, 2.45) is 0 Å². The Morgan fingerprint density at radius 2 is 1.83 bits per heavy atom. The first-order chi connectivity index (χ1) is 11.1. The van der Waals surface area contributed by atoms with Gasteiger partial charge in [0.15, 0.2) is 0 Å². The molecule has 0 atom stereocenters. The van der Waals surface area contributed by atoms with Gasteiger partial charge in [-0.3, -0.25) is 0 Å². The first-order valence-electron chi connectivity index (χ1n) is 7.58. The fraction of sp³-hybridized carbons (Fsp3) is 0.263. The zero-order valence-electron chi connectivity index (χ0n) is 13.6. The average molecular weight is 305 g/mol. The minimum absolute atomic E-state index is 0.310. The van der Waals surface area contributed by atoms with Gasteiger partial charge in [0.25, 0.3) is 0 Å². The number of methoxy groups -OCH3 is 1. The number of benzene rings is 2. The maximum Gasteiger partial charge on any atom is 0.118 e. The van der Waals surface area contributed by atoms with Crippen LogP contribution < -0.4 is 4.74 Å². The molecule has 0 bridgehead atoms. The highest BCUT2D eigenvalue weighted by Gasteiger charge is 2.12. The van der Waals surface area contributed by atoms with Gasteiger partial charge in [0.1, 0.15) is 18.1 Å². The van der Waals surface area contributed by atoms with Crippen LogP contribution >= 0.6 is 0 Å². The highest BCUT2D eigenvalue weighted by Crippen LogP contribution is 2.23. The maximum absolute atomic E-state index is 9.17. The van der Waals surface area contributed by atoms with Crippen LogP contribution in [0.25, 0.3) is 11.0 Å². The molecule has 23 heavy (non-hydrogen) atoms. The summed E-state index contributed by atoms with van der Waals surface area (Å²) < 4.78 is 7.20. The summed E-state index contributed by atoms with van der Waals surface area (Å²) in [5.74, 6) is 1.75. The largest absolute Gasteiger partial charge is 0.497 e. The van der Waals surface area contributed by atoms with Crippen LogP contribution in [0, 0.1) is 25.2 Å². The Hall–Kier alpha value is -2.80. The van der Waals surface area contributed by atoms with Gasteiger partial charge in [-0.05, 0) is 54.8 Å². The Morgan fingerprint density at radius 1 is 1.13 bits per heavy atom. The summed E-state index contributed by atoms with van der Waals surface area (Å²) in [5, 5.41) is 9.17. The van der Waals surface area contributed by atoms with Gasteiger partial charge in [0.05, 0.1) is 24.2 Å². The van der Waals surface area contributed by atoms with E-state index in [1.165, 1.54) is 11.1 Å². The van der Waals surface area contributed by atoms with Crippen molar-refractivity contribution in [3.63, 3.8) is 0 Å². The van der Waals surface area contributed by atoms with E-state index in [9.17, 15) is 0 Å². The lowest BCUT2D eigenvalue weighted by Crippen LogP contribution is -2.03. The molecule has 0 amide bonds. The van der Waals surface area contributed by atoms with Gasteiger partial charge in [0.2, 0.25) is 0 Å². The van der Waals surface area contributed by atoms with Crippen molar-refractivity contribution < 1.29 is 4.74 Å². The Labute approximate surface area is 136 Å². The van der Waals surface area contributed by atoms with E-state index in [0.29, 0.717) is 13.0 Å². The minimum atomic E-state index is 0.310. The molecule has 2 aromatic carbocycles. The molecule has 4 nitrogen and oxygen atoms in total. The quantitative estimate of drug-likeness (QED) is 0.737. The van der Waals surface area contributed by atoms with Crippen molar-refractivity contribution >= 4 is 11.0 Å². The Morgan fingerprint density at radius 3 is 2.48 bits per heavy atom. The SMILES string of the molecule is COc1ccc(Cc2nc3cc(C)c(C)cc3n2CC#N)cc1. The van der Waals surface area contributed by atoms with E-state index < -0.39 is 0 Å². The van der Waals surface area contributed by atoms with E-state index in [1.807, 2.05) is 28.8 Å². The Bertz CT molecular complexity index is 886. The molecule has 116 valence electrons. The molecule has 0 saturated heterocycles. The standard InChI is InChI=1S/C19H19N3O/c1-13-10-17-18(11-14(13)2)22(9-8-20)19(21-17)12-15-4-6-16(23-3)7-5-15/h4-7,10-11H,9,12H2,1-3H3. The van der Waals surface area contributed by atoms with Gasteiger partial charge in [0, 0.05) is 6.42 Å². The monoisotopic (exact) mass is 305 g/mol.